The maximum absolute atomic E-state index is 12.5. The highest BCUT2D eigenvalue weighted by molar-refractivity contribution is 7.90. The summed E-state index contributed by atoms with van der Waals surface area (Å²) in [6.45, 7) is 1.75. The Morgan fingerprint density at radius 1 is 1.26 bits per heavy atom. The summed E-state index contributed by atoms with van der Waals surface area (Å²) in [7, 11) is -3.67. The zero-order valence-electron chi connectivity index (χ0n) is 10.4. The Balaban J connectivity index is 2.53. The van der Waals surface area contributed by atoms with Crippen LogP contribution in [-0.4, -0.2) is 24.1 Å². The van der Waals surface area contributed by atoms with Crippen molar-refractivity contribution in [1.82, 2.24) is 3.97 Å². The number of aromatic nitrogens is 1. The fourth-order valence-corrected chi connectivity index (χ4v) is 3.49. The lowest BCUT2D eigenvalue weighted by Crippen LogP contribution is -2.15. The number of aliphatic hydroxyl groups is 1. The maximum atomic E-state index is 12.5. The standard InChI is InChI=1S/C13H14ClNO3S/c1-10-2-4-13(5-3-10)19(17,18)15-9-11(14)8-12(15)6-7-16/h2-5,8-9,16H,6-7H2,1H3. The van der Waals surface area contributed by atoms with Crippen molar-refractivity contribution in [1.29, 1.82) is 0 Å². The molecule has 0 unspecified atom stereocenters. The summed E-state index contributed by atoms with van der Waals surface area (Å²) in [6.07, 6.45) is 1.58. The molecule has 0 fully saturated rings. The van der Waals surface area contributed by atoms with Crippen molar-refractivity contribution in [3.63, 3.8) is 0 Å². The van der Waals surface area contributed by atoms with Crippen LogP contribution in [0.4, 0.5) is 0 Å². The van der Waals surface area contributed by atoms with Crippen molar-refractivity contribution < 1.29 is 13.5 Å². The van der Waals surface area contributed by atoms with Gasteiger partial charge in [-0.3, -0.25) is 0 Å². The van der Waals surface area contributed by atoms with Gasteiger partial charge in [0.1, 0.15) is 0 Å². The summed E-state index contributed by atoms with van der Waals surface area (Å²) >= 11 is 5.85. The van der Waals surface area contributed by atoms with E-state index in [1.807, 2.05) is 6.92 Å². The first-order valence-corrected chi connectivity index (χ1v) is 7.57. The fourth-order valence-electron chi connectivity index (χ4n) is 1.80. The van der Waals surface area contributed by atoms with Gasteiger partial charge in [-0.05, 0) is 25.1 Å². The summed E-state index contributed by atoms with van der Waals surface area (Å²) in [5.74, 6) is 0. The van der Waals surface area contributed by atoms with Crippen LogP contribution in [-0.2, 0) is 16.4 Å². The van der Waals surface area contributed by atoms with E-state index in [1.54, 1.807) is 30.3 Å². The van der Waals surface area contributed by atoms with Crippen molar-refractivity contribution in [3.05, 3.63) is 52.8 Å². The van der Waals surface area contributed by atoms with Crippen LogP contribution in [0.5, 0.6) is 0 Å². The molecule has 1 N–H and O–H groups in total. The van der Waals surface area contributed by atoms with E-state index in [2.05, 4.69) is 0 Å². The molecule has 4 nitrogen and oxygen atoms in total. The number of hydrogen-bond acceptors (Lipinski definition) is 3. The van der Waals surface area contributed by atoms with Crippen LogP contribution in [0, 0.1) is 6.92 Å². The van der Waals surface area contributed by atoms with Crippen LogP contribution < -0.4 is 0 Å². The molecule has 1 aromatic carbocycles. The summed E-state index contributed by atoms with van der Waals surface area (Å²) in [5, 5.41) is 9.31. The van der Waals surface area contributed by atoms with Gasteiger partial charge in [-0.1, -0.05) is 29.3 Å². The molecule has 0 aliphatic carbocycles. The van der Waals surface area contributed by atoms with Crippen LogP contribution in [0.15, 0.2) is 41.4 Å². The first-order valence-electron chi connectivity index (χ1n) is 5.75. The summed E-state index contributed by atoms with van der Waals surface area (Å²) in [4.78, 5) is 0.199. The van der Waals surface area contributed by atoms with Crippen molar-refractivity contribution in [2.45, 2.75) is 18.2 Å². The first-order chi connectivity index (χ1) is 8.95. The van der Waals surface area contributed by atoms with Crippen LogP contribution in [0.25, 0.3) is 0 Å². The molecule has 0 aliphatic rings. The molecule has 19 heavy (non-hydrogen) atoms. The Morgan fingerprint density at radius 3 is 2.47 bits per heavy atom. The lowest BCUT2D eigenvalue weighted by molar-refractivity contribution is 0.298. The molecule has 102 valence electrons. The van der Waals surface area contributed by atoms with Crippen molar-refractivity contribution in [2.75, 3.05) is 6.61 Å². The van der Waals surface area contributed by atoms with E-state index < -0.39 is 10.0 Å². The Bertz CT molecular complexity index is 674. The van der Waals surface area contributed by atoms with Gasteiger partial charge in [0.15, 0.2) is 0 Å². The van der Waals surface area contributed by atoms with E-state index in [1.165, 1.54) is 6.20 Å². The predicted molar refractivity (Wildman–Crippen MR) is 74.0 cm³/mol. The van der Waals surface area contributed by atoms with E-state index >= 15 is 0 Å². The molecule has 6 heteroatoms. The van der Waals surface area contributed by atoms with Gasteiger partial charge in [-0.15, -0.1) is 0 Å². The third-order valence-electron chi connectivity index (χ3n) is 2.77. The average Bonchev–Trinajstić information content (AvgIpc) is 2.72. The van der Waals surface area contributed by atoms with Crippen LogP contribution >= 0.6 is 11.6 Å². The number of aryl methyl sites for hydroxylation is 1. The maximum Gasteiger partial charge on any atom is 0.267 e. The largest absolute Gasteiger partial charge is 0.396 e. The van der Waals surface area contributed by atoms with Gasteiger partial charge in [0.25, 0.3) is 10.0 Å². The predicted octanol–water partition coefficient (Wildman–Crippen LogP) is 2.22. The molecule has 0 aliphatic heterocycles. The number of benzene rings is 1. The minimum absolute atomic E-state index is 0.135. The topological polar surface area (TPSA) is 59.3 Å². The Hall–Kier alpha value is -1.30. The van der Waals surface area contributed by atoms with Gasteiger partial charge in [0.05, 0.1) is 9.92 Å². The molecule has 1 heterocycles. The van der Waals surface area contributed by atoms with E-state index in [0.29, 0.717) is 10.7 Å². The van der Waals surface area contributed by atoms with E-state index in [0.717, 1.165) is 9.54 Å². The third-order valence-corrected chi connectivity index (χ3v) is 4.71. The highest BCUT2D eigenvalue weighted by Crippen LogP contribution is 2.22. The smallest absolute Gasteiger partial charge is 0.267 e. The normalized spacial score (nSPS) is 11.7. The van der Waals surface area contributed by atoms with Gasteiger partial charge in [0, 0.05) is 24.9 Å². The monoisotopic (exact) mass is 299 g/mol. The highest BCUT2D eigenvalue weighted by Gasteiger charge is 2.20. The number of rotatable bonds is 4. The molecular formula is C13H14ClNO3S. The lowest BCUT2D eigenvalue weighted by Gasteiger charge is -2.09. The average molecular weight is 300 g/mol. The van der Waals surface area contributed by atoms with E-state index in [-0.39, 0.29) is 17.9 Å². The molecule has 0 saturated heterocycles. The minimum Gasteiger partial charge on any atom is -0.396 e. The second kappa shape index (κ2) is 5.36. The molecule has 0 radical (unpaired) electrons. The number of nitrogens with zero attached hydrogens (tertiary/aromatic N) is 1. The molecular weight excluding hydrogens is 286 g/mol. The van der Waals surface area contributed by atoms with Crippen LogP contribution in [0.1, 0.15) is 11.3 Å². The number of hydrogen-bond donors (Lipinski definition) is 1. The molecule has 1 aromatic heterocycles. The SMILES string of the molecule is Cc1ccc(S(=O)(=O)n2cc(Cl)cc2CCO)cc1. The Morgan fingerprint density at radius 2 is 1.89 bits per heavy atom. The number of halogens is 1. The molecule has 0 spiro atoms. The molecule has 2 aromatic rings. The zero-order valence-corrected chi connectivity index (χ0v) is 11.9. The lowest BCUT2D eigenvalue weighted by atomic mass is 10.2. The second-order valence-corrected chi connectivity index (χ2v) is 6.49. The zero-order chi connectivity index (χ0) is 14.0. The molecule has 0 atom stereocenters. The van der Waals surface area contributed by atoms with E-state index in [9.17, 15) is 8.42 Å². The quantitative estimate of drug-likeness (QED) is 0.942. The molecule has 0 saturated carbocycles. The summed E-state index contributed by atoms with van der Waals surface area (Å²) < 4.78 is 26.1. The van der Waals surface area contributed by atoms with Gasteiger partial charge < -0.3 is 5.11 Å². The number of aliphatic hydroxyl groups excluding tert-OH is 1. The minimum atomic E-state index is -3.67. The van der Waals surface area contributed by atoms with Crippen molar-refractivity contribution in [3.8, 4) is 0 Å². The fraction of sp³-hybridized carbons (Fsp3) is 0.231. The third kappa shape index (κ3) is 2.83. The molecule has 2 rings (SSSR count). The van der Waals surface area contributed by atoms with Gasteiger partial charge in [-0.25, -0.2) is 12.4 Å². The van der Waals surface area contributed by atoms with Crippen LogP contribution in [0.3, 0.4) is 0 Å². The van der Waals surface area contributed by atoms with Crippen molar-refractivity contribution in [2.24, 2.45) is 0 Å². The van der Waals surface area contributed by atoms with Crippen LogP contribution in [0.2, 0.25) is 5.02 Å². The van der Waals surface area contributed by atoms with E-state index in [4.69, 9.17) is 16.7 Å². The Kier molecular flexibility index (Phi) is 3.99. The van der Waals surface area contributed by atoms with Gasteiger partial charge in [-0.2, -0.15) is 0 Å². The molecule has 0 bridgehead atoms. The first kappa shape index (κ1) is 14.1. The molecule has 0 amide bonds. The highest BCUT2D eigenvalue weighted by atomic mass is 35.5. The van der Waals surface area contributed by atoms with Crippen molar-refractivity contribution >= 4 is 21.6 Å². The second-order valence-electron chi connectivity index (χ2n) is 4.24. The Labute approximate surface area is 117 Å². The summed E-state index contributed by atoms with van der Waals surface area (Å²) in [6, 6.07) is 8.14. The summed E-state index contributed by atoms with van der Waals surface area (Å²) in [5.41, 5.74) is 1.45. The van der Waals surface area contributed by atoms with Gasteiger partial charge >= 0.3 is 0 Å². The van der Waals surface area contributed by atoms with Gasteiger partial charge in [0.2, 0.25) is 0 Å².